The van der Waals surface area contributed by atoms with Gasteiger partial charge in [0, 0.05) is 59.5 Å². The average Bonchev–Trinajstić information content (AvgIpc) is 3.50. The Balaban J connectivity index is 0.000000247. The molecule has 0 fully saturated rings. The molecule has 0 saturated carbocycles. The first-order valence-electron chi connectivity index (χ1n) is 18.2. The smallest absolute Gasteiger partial charge is 0.162 e. The zero-order valence-corrected chi connectivity index (χ0v) is 35.2. The Kier molecular flexibility index (Phi) is 12.7. The van der Waals surface area contributed by atoms with Crippen LogP contribution in [-0.2, 0) is 30.3 Å². The third-order valence-electron chi connectivity index (χ3n) is 10.8. The van der Waals surface area contributed by atoms with Crippen LogP contribution in [0.4, 0.5) is 0 Å². The summed E-state index contributed by atoms with van der Waals surface area (Å²) in [5.74, 6) is 2.12. The molecule has 2 atom stereocenters. The number of aromatic nitrogens is 1. The number of aryl methyl sites for hydroxylation is 2. The molecule has 5 heteroatoms. The van der Waals surface area contributed by atoms with Crippen LogP contribution in [0.25, 0.3) is 22.2 Å². The Hall–Kier alpha value is -2.72. The molecule has 1 aliphatic heterocycles. The van der Waals surface area contributed by atoms with Crippen molar-refractivity contribution < 1.29 is 30.0 Å². The first-order valence-corrected chi connectivity index (χ1v) is 19.1. The molecule has 0 saturated heterocycles. The molecular weight excluding hydrogens is 811 g/mol. The normalized spacial score (nSPS) is 17.7. The van der Waals surface area contributed by atoms with Crippen LogP contribution in [0, 0.1) is 55.4 Å². The summed E-state index contributed by atoms with van der Waals surface area (Å²) in [6.07, 6.45) is 1.48. The van der Waals surface area contributed by atoms with Crippen LogP contribution in [-0.4, -0.2) is 15.9 Å². The number of fused-ring (bicyclic) bond motifs is 6. The van der Waals surface area contributed by atoms with Crippen molar-refractivity contribution in [2.75, 3.05) is 0 Å². The molecule has 1 radical (unpaired) electrons. The summed E-state index contributed by atoms with van der Waals surface area (Å²) in [5.41, 5.74) is 10.3. The predicted octanol–water partition coefficient (Wildman–Crippen LogP) is 12.4. The average molecular weight is 867 g/mol. The van der Waals surface area contributed by atoms with Gasteiger partial charge in [0.05, 0.1) is 11.3 Å². The molecule has 1 aromatic heterocycles. The summed E-state index contributed by atoms with van der Waals surface area (Å²) in [6.45, 7) is 25.7. The molecule has 0 bridgehead atoms. The Morgan fingerprint density at radius 2 is 1.48 bits per heavy atom. The first kappa shape index (κ1) is 40.1. The van der Waals surface area contributed by atoms with E-state index in [4.69, 9.17) is 4.98 Å². The number of aliphatic hydroxyl groups is 1. The number of hydrogen-bond acceptors (Lipinski definition) is 4. The summed E-state index contributed by atoms with van der Waals surface area (Å²) in [5, 5.41) is 12.0. The summed E-state index contributed by atoms with van der Waals surface area (Å²) in [6, 6.07) is 25.8. The van der Waals surface area contributed by atoms with Crippen LogP contribution in [0.3, 0.4) is 0 Å². The van der Waals surface area contributed by atoms with Gasteiger partial charge >= 0.3 is 0 Å². The van der Waals surface area contributed by atoms with Gasteiger partial charge in [0.2, 0.25) is 0 Å². The van der Waals surface area contributed by atoms with Crippen LogP contribution >= 0.6 is 11.8 Å². The first-order chi connectivity index (χ1) is 23.0. The van der Waals surface area contributed by atoms with E-state index in [9.17, 15) is 9.90 Å². The monoisotopic (exact) mass is 867 g/mol. The molecule has 0 amide bonds. The predicted molar refractivity (Wildman–Crippen MR) is 208 cm³/mol. The molecule has 3 nitrogen and oxygen atoms in total. The molecule has 1 aliphatic carbocycles. The fourth-order valence-corrected chi connectivity index (χ4v) is 10.7. The van der Waals surface area contributed by atoms with E-state index in [1.165, 1.54) is 49.7 Å². The Morgan fingerprint density at radius 3 is 2.10 bits per heavy atom. The molecule has 2 aliphatic rings. The van der Waals surface area contributed by atoms with Crippen LogP contribution in [0.1, 0.15) is 108 Å². The van der Waals surface area contributed by atoms with Crippen molar-refractivity contribution in [1.82, 2.24) is 4.98 Å². The van der Waals surface area contributed by atoms with Gasteiger partial charge in [0.1, 0.15) is 0 Å². The summed E-state index contributed by atoms with van der Waals surface area (Å²) in [4.78, 5) is 18.9. The van der Waals surface area contributed by atoms with Crippen molar-refractivity contribution in [3.8, 4) is 11.3 Å². The van der Waals surface area contributed by atoms with Gasteiger partial charge in [-0.3, -0.25) is 9.78 Å². The number of rotatable bonds is 8. The molecule has 50 heavy (non-hydrogen) atoms. The molecule has 0 spiro atoms. The van der Waals surface area contributed by atoms with Crippen LogP contribution in [0.15, 0.2) is 77.4 Å². The zero-order valence-electron chi connectivity index (χ0n) is 32.0. The van der Waals surface area contributed by atoms with Gasteiger partial charge in [-0.2, -0.15) is 0 Å². The third-order valence-corrected chi connectivity index (χ3v) is 12.2. The number of pyridine rings is 1. The van der Waals surface area contributed by atoms with Gasteiger partial charge < -0.3 is 5.11 Å². The van der Waals surface area contributed by atoms with Crippen LogP contribution in [0.2, 0.25) is 0 Å². The molecule has 269 valence electrons. The van der Waals surface area contributed by atoms with Gasteiger partial charge in [0.15, 0.2) is 5.78 Å². The number of aliphatic hydroxyl groups excluding tert-OH is 1. The van der Waals surface area contributed by atoms with Gasteiger partial charge in [-0.05, 0) is 77.5 Å². The van der Waals surface area contributed by atoms with Gasteiger partial charge in [-0.15, -0.1) is 46.7 Å². The number of hydrogen-bond donors (Lipinski definition) is 1. The maximum atomic E-state index is 12.3. The second-order valence-electron chi connectivity index (χ2n) is 16.3. The topological polar surface area (TPSA) is 50.2 Å². The summed E-state index contributed by atoms with van der Waals surface area (Å²) < 4.78 is 0. The Bertz CT molecular complexity index is 1850. The molecule has 2 unspecified atom stereocenters. The van der Waals surface area contributed by atoms with Crippen molar-refractivity contribution in [3.63, 3.8) is 0 Å². The molecule has 6 rings (SSSR count). The van der Waals surface area contributed by atoms with E-state index in [0.717, 1.165) is 11.2 Å². The molecule has 2 heterocycles. The number of carbonyl (C=O) groups is 1. The molecule has 3 aromatic carbocycles. The van der Waals surface area contributed by atoms with Gasteiger partial charge in [0.25, 0.3) is 0 Å². The molecule has 1 N–H and O–H groups in total. The van der Waals surface area contributed by atoms with E-state index < -0.39 is 0 Å². The standard InChI is InChI=1S/C28H24NS.C17H32O2.Ir/c1-16-14-17(2)18-12-13-22(29-23(18)15-16)19-9-7-10-21-25(19)28(3,4)26-20-8-5-6-11-24(20)30-27(21)26;1-10(2)16(11(3)4)14(18)9-15(19)17(12(5)6)13(7)8;/h5-8,10-15,26-27H,1-4H3;9-13,16-18H,1-8H3;/q-1;;/b;14-9-;. The third kappa shape index (κ3) is 7.71. The number of ketones is 1. The van der Waals surface area contributed by atoms with Crippen LogP contribution in [0.5, 0.6) is 0 Å². The maximum absolute atomic E-state index is 12.3. The number of benzene rings is 3. The number of thioether (sulfide) groups is 1. The Morgan fingerprint density at radius 1 is 0.860 bits per heavy atom. The summed E-state index contributed by atoms with van der Waals surface area (Å²) >= 11 is 2.03. The van der Waals surface area contributed by atoms with Crippen molar-refractivity contribution in [3.05, 3.63) is 106 Å². The number of nitrogens with zero attached hydrogens (tertiary/aromatic N) is 1. The largest absolute Gasteiger partial charge is 0.512 e. The van der Waals surface area contributed by atoms with Crippen molar-refractivity contribution >= 4 is 28.4 Å². The van der Waals surface area contributed by atoms with Crippen molar-refractivity contribution in [2.45, 2.75) is 105 Å². The fraction of sp³-hybridized carbons (Fsp3) is 0.467. The number of carbonyl (C=O) groups excluding carboxylic acids is 1. The maximum Gasteiger partial charge on any atom is 0.162 e. The fourth-order valence-electron chi connectivity index (χ4n) is 8.98. The summed E-state index contributed by atoms with van der Waals surface area (Å²) in [7, 11) is 0. The second-order valence-corrected chi connectivity index (χ2v) is 17.5. The van der Waals surface area contributed by atoms with E-state index >= 15 is 0 Å². The minimum Gasteiger partial charge on any atom is -0.512 e. The van der Waals surface area contributed by atoms with E-state index in [2.05, 4.69) is 150 Å². The van der Waals surface area contributed by atoms with E-state index in [0.29, 0.717) is 34.8 Å². The SMILES string of the molecule is CC(C)C(C(=O)/C=C(\O)C(C(C)C)C(C)C)C(C)C.Cc1cc(C)c2ccc(-c3[c-]ccc4c3C(C)(C)C3c5ccccc5SC43)nc2c1.[Ir]. The minimum absolute atomic E-state index is 0. The van der Waals surface area contributed by atoms with E-state index in [-0.39, 0.29) is 48.9 Å². The second kappa shape index (κ2) is 15.9. The quantitative estimate of drug-likeness (QED) is 0.109. The van der Waals surface area contributed by atoms with Crippen molar-refractivity contribution in [1.29, 1.82) is 0 Å². The molecule has 4 aromatic rings. The van der Waals surface area contributed by atoms with E-state index in [1.807, 2.05) is 11.8 Å². The van der Waals surface area contributed by atoms with Gasteiger partial charge in [-0.25, -0.2) is 0 Å². The van der Waals surface area contributed by atoms with Gasteiger partial charge in [-0.1, -0.05) is 106 Å². The zero-order chi connectivity index (χ0) is 35.9. The molecular formula is C45H56IrNO2S-. The number of allylic oxidation sites excluding steroid dienone is 2. The van der Waals surface area contributed by atoms with Crippen molar-refractivity contribution in [2.24, 2.45) is 35.5 Å². The van der Waals surface area contributed by atoms with E-state index in [1.54, 1.807) is 0 Å². The minimum atomic E-state index is -0.0119. The van der Waals surface area contributed by atoms with Crippen LogP contribution < -0.4 is 0 Å². The Labute approximate surface area is 319 Å².